The molecular formula is C24H24BNO5. The molecule has 0 bridgehead atoms. The highest BCUT2D eigenvalue weighted by atomic mass is 16.5. The Labute approximate surface area is 181 Å². The van der Waals surface area contributed by atoms with Crippen molar-refractivity contribution in [2.75, 3.05) is 13.7 Å². The summed E-state index contributed by atoms with van der Waals surface area (Å²) in [6.45, 7) is 0.313. The normalized spacial score (nSPS) is 27.9. The molecule has 2 aromatic rings. The average Bonchev–Trinajstić information content (AvgIpc) is 3.02. The van der Waals surface area contributed by atoms with Crippen molar-refractivity contribution in [2.45, 2.75) is 18.8 Å². The van der Waals surface area contributed by atoms with Crippen LogP contribution in [0.2, 0.25) is 6.32 Å². The highest BCUT2D eigenvalue weighted by Crippen LogP contribution is 2.53. The van der Waals surface area contributed by atoms with E-state index in [2.05, 4.69) is 0 Å². The van der Waals surface area contributed by atoms with Crippen LogP contribution in [-0.2, 0) is 14.2 Å². The van der Waals surface area contributed by atoms with Crippen LogP contribution in [-0.4, -0.2) is 42.5 Å². The molecule has 1 aliphatic carbocycles. The fraction of sp³-hybridized carbons (Fsp3) is 0.333. The van der Waals surface area contributed by atoms with Crippen LogP contribution in [0.25, 0.3) is 0 Å². The molecule has 5 rings (SSSR count). The monoisotopic (exact) mass is 417 g/mol. The first-order chi connectivity index (χ1) is 15.0. The largest absolute Gasteiger partial charge is 0.489 e. The Morgan fingerprint density at radius 3 is 2.42 bits per heavy atom. The lowest BCUT2D eigenvalue weighted by Crippen LogP contribution is -2.43. The van der Waals surface area contributed by atoms with Gasteiger partial charge in [-0.3, -0.25) is 14.5 Å². The number of likely N-dealkylation sites (tertiary alicyclic amines) is 1. The van der Waals surface area contributed by atoms with Crippen LogP contribution in [0.4, 0.5) is 0 Å². The summed E-state index contributed by atoms with van der Waals surface area (Å²) in [6.07, 6.45) is 0.279. The van der Waals surface area contributed by atoms with Gasteiger partial charge in [0.1, 0.15) is 12.4 Å². The number of hydrogen-bond acceptors (Lipinski definition) is 5. The van der Waals surface area contributed by atoms with Gasteiger partial charge in [-0.15, -0.1) is 0 Å². The molecule has 2 fully saturated rings. The molecule has 0 spiro atoms. The van der Waals surface area contributed by atoms with Crippen LogP contribution in [0.5, 0.6) is 5.75 Å². The molecular weight excluding hydrogens is 393 g/mol. The molecule has 0 radical (unpaired) electrons. The number of rotatable bonds is 4. The topological polar surface area (TPSA) is 76.1 Å². The van der Waals surface area contributed by atoms with Crippen molar-refractivity contribution in [3.8, 4) is 5.75 Å². The predicted octanol–water partition coefficient (Wildman–Crippen LogP) is 2.86. The van der Waals surface area contributed by atoms with E-state index < -0.39 is 25.1 Å². The molecule has 0 saturated carbocycles. The van der Waals surface area contributed by atoms with E-state index in [1.165, 1.54) is 4.90 Å². The van der Waals surface area contributed by atoms with Crippen LogP contribution in [0, 0.1) is 17.8 Å². The number of nitrogens with zero attached hydrogens (tertiary/aromatic N) is 1. The van der Waals surface area contributed by atoms with Gasteiger partial charge in [-0.2, -0.15) is 0 Å². The van der Waals surface area contributed by atoms with Crippen molar-refractivity contribution >= 4 is 18.9 Å². The fourth-order valence-corrected chi connectivity index (χ4v) is 5.28. The van der Waals surface area contributed by atoms with Gasteiger partial charge in [0.2, 0.25) is 11.8 Å². The molecule has 31 heavy (non-hydrogen) atoms. The summed E-state index contributed by atoms with van der Waals surface area (Å²) in [7, 11) is 0.551. The van der Waals surface area contributed by atoms with Crippen molar-refractivity contribution in [1.82, 2.24) is 4.90 Å². The molecule has 4 atom stereocenters. The third kappa shape index (κ3) is 3.48. The predicted molar refractivity (Wildman–Crippen MR) is 115 cm³/mol. The van der Waals surface area contributed by atoms with Gasteiger partial charge in [0, 0.05) is 7.05 Å². The van der Waals surface area contributed by atoms with E-state index in [1.807, 2.05) is 60.7 Å². The third-order valence-electron chi connectivity index (χ3n) is 6.69. The van der Waals surface area contributed by atoms with Crippen molar-refractivity contribution in [2.24, 2.45) is 17.8 Å². The molecule has 158 valence electrons. The second-order valence-corrected chi connectivity index (χ2v) is 8.46. The number of para-hydroxylation sites is 1. The van der Waals surface area contributed by atoms with Gasteiger partial charge in [-0.25, -0.2) is 0 Å². The first-order valence-corrected chi connectivity index (χ1v) is 10.6. The number of benzene rings is 2. The molecule has 3 aliphatic rings. The van der Waals surface area contributed by atoms with Gasteiger partial charge in [-0.1, -0.05) is 48.5 Å². The molecule has 2 aromatic carbocycles. The maximum atomic E-state index is 13.0. The number of ether oxygens (including phenoxy) is 1. The van der Waals surface area contributed by atoms with E-state index in [0.29, 0.717) is 19.3 Å². The minimum absolute atomic E-state index is 0.150. The molecule has 1 N–H and O–H groups in total. The number of amides is 2. The summed E-state index contributed by atoms with van der Waals surface area (Å²) >= 11 is 0. The second-order valence-electron chi connectivity index (χ2n) is 8.46. The Bertz CT molecular complexity index is 1020. The van der Waals surface area contributed by atoms with Crippen molar-refractivity contribution in [3.05, 3.63) is 77.4 Å². The first-order valence-electron chi connectivity index (χ1n) is 10.6. The van der Waals surface area contributed by atoms with E-state index in [4.69, 9.17) is 9.39 Å². The zero-order valence-corrected chi connectivity index (χ0v) is 17.3. The van der Waals surface area contributed by atoms with E-state index in [0.717, 1.165) is 22.5 Å². The summed E-state index contributed by atoms with van der Waals surface area (Å²) in [6, 6.07) is 19.2. The van der Waals surface area contributed by atoms with Crippen LogP contribution in [0.3, 0.4) is 0 Å². The van der Waals surface area contributed by atoms with E-state index in [1.54, 1.807) is 7.05 Å². The van der Waals surface area contributed by atoms with Crippen LogP contribution in [0.1, 0.15) is 18.1 Å². The summed E-state index contributed by atoms with van der Waals surface area (Å²) in [4.78, 5) is 27.0. The molecule has 6 nitrogen and oxygen atoms in total. The van der Waals surface area contributed by atoms with Gasteiger partial charge in [0.15, 0.2) is 0 Å². The summed E-state index contributed by atoms with van der Waals surface area (Å²) in [5, 5.41) is 10.5. The molecule has 0 unspecified atom stereocenters. The molecule has 7 heteroatoms. The van der Waals surface area contributed by atoms with Crippen LogP contribution >= 0.6 is 0 Å². The molecule has 2 aliphatic heterocycles. The Balaban J connectivity index is 1.58. The number of imide groups is 1. The highest BCUT2D eigenvalue weighted by molar-refractivity contribution is 6.43. The summed E-state index contributed by atoms with van der Waals surface area (Å²) in [5.41, 5.74) is 2.87. The van der Waals surface area contributed by atoms with Gasteiger partial charge >= 0.3 is 7.12 Å². The standard InChI is InChI=1S/C24H24BNO5/c1-26-23(27)18-12-16(14-30-17-10-6-3-7-11-17)20-19(21(18)24(26)28)13-25(29)31-22(20)15-8-4-2-5-9-15/h2-11,18-19,21-22,29H,12-14H2,1H3/t18-,19+,21-,22-/m1/s1. The van der Waals surface area contributed by atoms with E-state index in [9.17, 15) is 14.6 Å². The Hall–Kier alpha value is -2.90. The minimum atomic E-state index is -0.997. The van der Waals surface area contributed by atoms with Gasteiger partial charge in [0.05, 0.1) is 17.9 Å². The summed E-state index contributed by atoms with van der Waals surface area (Å²) in [5.74, 6) is -0.707. The number of carbonyl (C=O) groups excluding carboxylic acids is 2. The molecule has 2 saturated heterocycles. The average molecular weight is 417 g/mol. The third-order valence-corrected chi connectivity index (χ3v) is 6.69. The molecule has 2 heterocycles. The lowest BCUT2D eigenvalue weighted by atomic mass is 9.58. The van der Waals surface area contributed by atoms with E-state index >= 15 is 0 Å². The van der Waals surface area contributed by atoms with Crippen LogP contribution < -0.4 is 4.74 Å². The number of hydrogen-bond donors (Lipinski definition) is 1. The van der Waals surface area contributed by atoms with E-state index in [-0.39, 0.29) is 17.7 Å². The SMILES string of the molecule is CN1C(=O)[C@@H]2[C@@H](CC(COc3ccccc3)=C3[C@@H](c4ccccc4)OB(O)C[C@@H]32)C1=O. The lowest BCUT2D eigenvalue weighted by Gasteiger charge is -2.43. The first kappa shape index (κ1) is 20.0. The maximum absolute atomic E-state index is 13.0. The zero-order valence-electron chi connectivity index (χ0n) is 17.3. The lowest BCUT2D eigenvalue weighted by molar-refractivity contribution is -0.138. The zero-order chi connectivity index (χ0) is 21.5. The minimum Gasteiger partial charge on any atom is -0.489 e. The number of carbonyl (C=O) groups is 2. The van der Waals surface area contributed by atoms with Crippen LogP contribution in [0.15, 0.2) is 71.8 Å². The smallest absolute Gasteiger partial charge is 0.455 e. The van der Waals surface area contributed by atoms with Crippen molar-refractivity contribution < 1.29 is 24.0 Å². The molecule has 0 aromatic heterocycles. The quantitative estimate of drug-likeness (QED) is 0.471. The Morgan fingerprint density at radius 1 is 1.03 bits per heavy atom. The van der Waals surface area contributed by atoms with Crippen molar-refractivity contribution in [1.29, 1.82) is 0 Å². The Morgan fingerprint density at radius 2 is 1.71 bits per heavy atom. The second kappa shape index (κ2) is 7.98. The Kier molecular flexibility index (Phi) is 5.16. The van der Waals surface area contributed by atoms with Gasteiger partial charge in [0.25, 0.3) is 0 Å². The highest BCUT2D eigenvalue weighted by Gasteiger charge is 2.56. The van der Waals surface area contributed by atoms with Gasteiger partial charge in [-0.05, 0) is 47.5 Å². The van der Waals surface area contributed by atoms with Gasteiger partial charge < -0.3 is 14.4 Å². The maximum Gasteiger partial charge on any atom is 0.455 e. The fourth-order valence-electron chi connectivity index (χ4n) is 5.28. The number of fused-ring (bicyclic) bond motifs is 3. The van der Waals surface area contributed by atoms with Crippen molar-refractivity contribution in [3.63, 3.8) is 0 Å². The molecule has 2 amide bonds. The summed E-state index contributed by atoms with van der Waals surface area (Å²) < 4.78 is 12.1.